The van der Waals surface area contributed by atoms with E-state index in [1.54, 1.807) is 24.3 Å². The fourth-order valence-corrected chi connectivity index (χ4v) is 5.99. The molecule has 2 aromatic carbocycles. The number of hydrogen-bond donors (Lipinski definition) is 5. The van der Waals surface area contributed by atoms with E-state index in [-0.39, 0.29) is 35.3 Å². The van der Waals surface area contributed by atoms with Crippen LogP contribution in [0.25, 0.3) is 0 Å². The number of anilines is 5. The van der Waals surface area contributed by atoms with Crippen molar-refractivity contribution in [3.8, 4) is 5.75 Å². The number of nitrogens with two attached hydrogens (primary N) is 2. The summed E-state index contributed by atoms with van der Waals surface area (Å²) in [5.74, 6) is 0.933. The maximum absolute atomic E-state index is 12.8. The van der Waals surface area contributed by atoms with E-state index in [9.17, 15) is 14.7 Å². The number of piperazine rings is 1. The smallest absolute Gasteiger partial charge is 0.255 e. The SMILES string of the molecule is Cc1ccc(C(=O)Nc2ccc(Nc3nc(N4CCN(CC(=O)N5CCOCC5)CC4)nc(N4C[C@H](N)C[C@H](N)C4)n3)cc2O)cc1. The molecule has 3 aromatic rings. The Bertz CT molecular complexity index is 1550. The molecule has 7 N–H and O–H groups in total. The molecule has 2 atom stereocenters. The number of aromatic nitrogens is 3. The summed E-state index contributed by atoms with van der Waals surface area (Å²) in [4.78, 5) is 47.8. The van der Waals surface area contributed by atoms with Crippen molar-refractivity contribution in [2.45, 2.75) is 25.4 Å². The van der Waals surface area contributed by atoms with Crippen LogP contribution in [0.2, 0.25) is 0 Å². The number of nitrogens with zero attached hydrogens (tertiary/aromatic N) is 7. The van der Waals surface area contributed by atoms with Crippen molar-refractivity contribution in [3.63, 3.8) is 0 Å². The summed E-state index contributed by atoms with van der Waals surface area (Å²) in [6.07, 6.45) is 0.719. The highest BCUT2D eigenvalue weighted by Gasteiger charge is 2.28. The second-order valence-electron chi connectivity index (χ2n) is 12.4. The van der Waals surface area contributed by atoms with Gasteiger partial charge in [0.2, 0.25) is 23.8 Å². The van der Waals surface area contributed by atoms with E-state index in [1.165, 1.54) is 6.07 Å². The second-order valence-corrected chi connectivity index (χ2v) is 12.4. The molecule has 47 heavy (non-hydrogen) atoms. The lowest BCUT2D eigenvalue weighted by Crippen LogP contribution is -2.53. The van der Waals surface area contributed by atoms with E-state index in [2.05, 4.69) is 20.4 Å². The standard InChI is InChI=1S/C32H43N11O4/c1-21-2-4-22(5-3-21)29(46)36-26-7-6-25(17-27(26)44)35-30-37-31(39-32(38-30)43-18-23(33)16-24(34)19-43)42-10-8-40(9-11-42)20-28(45)41-12-14-47-15-13-41/h2-7,17,23-24,44H,8-16,18-20,33-34H2,1H3,(H,36,46)(H,35,37,38,39)/t23-,24+. The van der Waals surface area contributed by atoms with Crippen LogP contribution in [0.3, 0.4) is 0 Å². The number of ether oxygens (including phenoxy) is 1. The number of morpholine rings is 1. The van der Waals surface area contributed by atoms with Gasteiger partial charge in [-0.05, 0) is 37.6 Å². The molecular weight excluding hydrogens is 602 g/mol. The number of phenols is 1. The first-order valence-electron chi connectivity index (χ1n) is 16.0. The highest BCUT2D eigenvalue weighted by molar-refractivity contribution is 6.05. The third kappa shape index (κ3) is 8.24. The number of aryl methyl sites for hydroxylation is 1. The third-order valence-electron chi connectivity index (χ3n) is 8.60. The molecule has 3 aliphatic heterocycles. The minimum Gasteiger partial charge on any atom is -0.506 e. The number of benzene rings is 2. The molecule has 3 saturated heterocycles. The predicted molar refractivity (Wildman–Crippen MR) is 179 cm³/mol. The van der Waals surface area contributed by atoms with Crippen molar-refractivity contribution in [2.24, 2.45) is 11.5 Å². The average molecular weight is 646 g/mol. The summed E-state index contributed by atoms with van der Waals surface area (Å²) in [6, 6.07) is 11.8. The Kier molecular flexibility index (Phi) is 9.96. The molecule has 0 aliphatic carbocycles. The fraction of sp³-hybridized carbons (Fsp3) is 0.469. The van der Waals surface area contributed by atoms with Gasteiger partial charge in [-0.2, -0.15) is 15.0 Å². The first-order chi connectivity index (χ1) is 22.7. The van der Waals surface area contributed by atoms with Crippen LogP contribution >= 0.6 is 0 Å². The Labute approximate surface area is 273 Å². The Morgan fingerprint density at radius 2 is 1.55 bits per heavy atom. The van der Waals surface area contributed by atoms with E-state index in [1.807, 2.05) is 28.9 Å². The normalized spacial score (nSPS) is 20.6. The molecule has 0 radical (unpaired) electrons. The molecular formula is C32H43N11O4. The summed E-state index contributed by atoms with van der Waals surface area (Å²) >= 11 is 0. The van der Waals surface area contributed by atoms with Crippen LogP contribution in [-0.2, 0) is 9.53 Å². The van der Waals surface area contributed by atoms with Gasteiger partial charge in [-0.3, -0.25) is 14.5 Å². The fourth-order valence-electron chi connectivity index (χ4n) is 5.99. The lowest BCUT2D eigenvalue weighted by atomic mass is 10.0. The molecule has 4 heterocycles. The van der Waals surface area contributed by atoms with Crippen molar-refractivity contribution >= 4 is 41.0 Å². The molecule has 2 amide bonds. The molecule has 15 nitrogen and oxygen atoms in total. The molecule has 0 bridgehead atoms. The number of rotatable bonds is 8. The maximum atomic E-state index is 12.8. The molecule has 3 aliphatic rings. The molecule has 15 heteroatoms. The number of phenolic OH excluding ortho intramolecular Hbond substituents is 1. The summed E-state index contributed by atoms with van der Waals surface area (Å²) in [5.41, 5.74) is 14.9. The zero-order valence-electron chi connectivity index (χ0n) is 26.6. The zero-order chi connectivity index (χ0) is 32.9. The van der Waals surface area contributed by atoms with Gasteiger partial charge in [0.1, 0.15) is 5.75 Å². The topological polar surface area (TPSA) is 191 Å². The third-order valence-corrected chi connectivity index (χ3v) is 8.60. The van der Waals surface area contributed by atoms with E-state index < -0.39 is 0 Å². The van der Waals surface area contributed by atoms with Crippen molar-refractivity contribution in [1.29, 1.82) is 0 Å². The van der Waals surface area contributed by atoms with E-state index >= 15 is 0 Å². The Morgan fingerprint density at radius 3 is 2.21 bits per heavy atom. The van der Waals surface area contributed by atoms with Gasteiger partial charge < -0.3 is 46.6 Å². The van der Waals surface area contributed by atoms with Gasteiger partial charge in [0.25, 0.3) is 5.91 Å². The van der Waals surface area contributed by atoms with E-state index in [0.29, 0.717) is 101 Å². The first kappa shape index (κ1) is 32.4. The molecule has 3 fully saturated rings. The minimum absolute atomic E-state index is 0.109. The molecule has 0 spiro atoms. The van der Waals surface area contributed by atoms with Crippen LogP contribution in [-0.4, -0.2) is 126 Å². The molecule has 250 valence electrons. The molecule has 1 aromatic heterocycles. The summed E-state index contributed by atoms with van der Waals surface area (Å²) < 4.78 is 5.37. The quantitative estimate of drug-likeness (QED) is 0.216. The van der Waals surface area contributed by atoms with E-state index in [0.717, 1.165) is 12.0 Å². The van der Waals surface area contributed by atoms with Crippen molar-refractivity contribution in [2.75, 3.05) is 92.5 Å². The van der Waals surface area contributed by atoms with Gasteiger partial charge in [-0.1, -0.05) is 17.7 Å². The number of carbonyl (C=O) groups excluding carboxylic acids is 2. The first-order valence-corrected chi connectivity index (χ1v) is 16.0. The van der Waals surface area contributed by atoms with Gasteiger partial charge >= 0.3 is 0 Å². The summed E-state index contributed by atoms with van der Waals surface area (Å²) in [6.45, 7) is 8.51. The number of amides is 2. The average Bonchev–Trinajstić information content (AvgIpc) is 3.06. The van der Waals surface area contributed by atoms with Gasteiger partial charge in [-0.25, -0.2) is 0 Å². The van der Waals surface area contributed by atoms with Crippen molar-refractivity contribution in [3.05, 3.63) is 53.6 Å². The molecule has 0 saturated carbocycles. The van der Waals surface area contributed by atoms with Gasteiger partial charge in [0.05, 0.1) is 25.4 Å². The predicted octanol–water partition coefficient (Wildman–Crippen LogP) is 0.727. The van der Waals surface area contributed by atoms with Crippen LogP contribution in [0, 0.1) is 6.92 Å². The second kappa shape index (κ2) is 14.5. The van der Waals surface area contributed by atoms with Gasteiger partial charge in [-0.15, -0.1) is 0 Å². The molecule has 0 unspecified atom stereocenters. The van der Waals surface area contributed by atoms with Crippen LogP contribution in [0.15, 0.2) is 42.5 Å². The Morgan fingerprint density at radius 1 is 0.894 bits per heavy atom. The van der Waals surface area contributed by atoms with Crippen LogP contribution in [0.5, 0.6) is 5.75 Å². The number of aromatic hydroxyl groups is 1. The highest BCUT2D eigenvalue weighted by atomic mass is 16.5. The highest BCUT2D eigenvalue weighted by Crippen LogP contribution is 2.29. The number of nitrogens with one attached hydrogen (secondary N) is 2. The monoisotopic (exact) mass is 645 g/mol. The number of piperidine rings is 1. The van der Waals surface area contributed by atoms with Crippen molar-refractivity contribution < 1.29 is 19.4 Å². The number of hydrogen-bond acceptors (Lipinski definition) is 13. The Hall–Kier alpha value is -4.57. The van der Waals surface area contributed by atoms with Crippen LogP contribution in [0.4, 0.5) is 29.2 Å². The lowest BCUT2D eigenvalue weighted by Gasteiger charge is -2.37. The largest absolute Gasteiger partial charge is 0.506 e. The lowest BCUT2D eigenvalue weighted by molar-refractivity contribution is -0.136. The van der Waals surface area contributed by atoms with Crippen LogP contribution < -0.4 is 31.9 Å². The Balaban J connectivity index is 1.16. The number of carbonyl (C=O) groups is 2. The summed E-state index contributed by atoms with van der Waals surface area (Å²) in [5, 5.41) is 16.7. The van der Waals surface area contributed by atoms with E-state index in [4.69, 9.17) is 31.2 Å². The maximum Gasteiger partial charge on any atom is 0.255 e. The summed E-state index contributed by atoms with van der Waals surface area (Å²) in [7, 11) is 0. The van der Waals surface area contributed by atoms with Crippen molar-refractivity contribution in [1.82, 2.24) is 24.8 Å². The zero-order valence-corrected chi connectivity index (χ0v) is 26.6. The van der Waals surface area contributed by atoms with Gasteiger partial charge in [0, 0.05) is 81.8 Å². The van der Waals surface area contributed by atoms with Gasteiger partial charge in [0.15, 0.2) is 0 Å². The van der Waals surface area contributed by atoms with Crippen LogP contribution in [0.1, 0.15) is 22.3 Å². The minimum atomic E-state index is -0.323. The molecule has 6 rings (SSSR count).